The zero-order valence-electron chi connectivity index (χ0n) is 12.2. The van der Waals surface area contributed by atoms with E-state index in [1.807, 2.05) is 0 Å². The van der Waals surface area contributed by atoms with Gasteiger partial charge in [0.25, 0.3) is 0 Å². The predicted molar refractivity (Wildman–Crippen MR) is 83.2 cm³/mol. The first-order valence-corrected chi connectivity index (χ1v) is 7.51. The summed E-state index contributed by atoms with van der Waals surface area (Å²) in [5.74, 6) is -2.15. The van der Waals surface area contributed by atoms with E-state index in [9.17, 15) is 19.5 Å². The SMILES string of the molecule is COC(=O)c1ccccc1C(=O)c1cc(O)c(CCC(=O)O)s1. The van der Waals surface area contributed by atoms with E-state index in [4.69, 9.17) is 5.11 Å². The molecule has 0 saturated carbocycles. The molecule has 2 aromatic rings. The van der Waals surface area contributed by atoms with Crippen molar-refractivity contribution in [3.63, 3.8) is 0 Å². The molecule has 2 rings (SSSR count). The molecule has 6 nitrogen and oxygen atoms in total. The molecule has 0 spiro atoms. The third kappa shape index (κ3) is 3.75. The van der Waals surface area contributed by atoms with Crippen LogP contribution in [-0.4, -0.2) is 35.0 Å². The summed E-state index contributed by atoms with van der Waals surface area (Å²) in [6, 6.07) is 7.52. The minimum atomic E-state index is -0.985. The van der Waals surface area contributed by atoms with E-state index >= 15 is 0 Å². The van der Waals surface area contributed by atoms with Crippen molar-refractivity contribution in [3.05, 3.63) is 51.2 Å². The number of ether oxygens (including phenoxy) is 1. The number of rotatable bonds is 6. The van der Waals surface area contributed by atoms with Crippen molar-refractivity contribution < 1.29 is 29.3 Å². The van der Waals surface area contributed by atoms with E-state index in [0.717, 1.165) is 11.3 Å². The summed E-state index contributed by atoms with van der Waals surface area (Å²) < 4.78 is 4.65. The number of aryl methyl sites for hydroxylation is 1. The van der Waals surface area contributed by atoms with E-state index in [2.05, 4.69) is 4.74 Å². The van der Waals surface area contributed by atoms with E-state index in [1.165, 1.54) is 25.3 Å². The maximum Gasteiger partial charge on any atom is 0.338 e. The minimum absolute atomic E-state index is 0.116. The highest BCUT2D eigenvalue weighted by atomic mass is 32.1. The summed E-state index contributed by atoms with van der Waals surface area (Å²) in [5, 5.41) is 18.5. The second-order valence-electron chi connectivity index (χ2n) is 4.68. The van der Waals surface area contributed by atoms with Crippen LogP contribution in [0.3, 0.4) is 0 Å². The smallest absolute Gasteiger partial charge is 0.338 e. The molecule has 0 aliphatic heterocycles. The van der Waals surface area contributed by atoms with Crippen LogP contribution >= 0.6 is 11.3 Å². The third-order valence-electron chi connectivity index (χ3n) is 3.15. The number of hydrogen-bond donors (Lipinski definition) is 2. The number of aliphatic carboxylic acids is 1. The Labute approximate surface area is 136 Å². The van der Waals surface area contributed by atoms with Gasteiger partial charge in [0.15, 0.2) is 0 Å². The highest BCUT2D eigenvalue weighted by molar-refractivity contribution is 7.14. The Balaban J connectivity index is 2.33. The van der Waals surface area contributed by atoms with Crippen molar-refractivity contribution in [3.8, 4) is 5.75 Å². The van der Waals surface area contributed by atoms with Crippen LogP contribution in [0.25, 0.3) is 0 Å². The lowest BCUT2D eigenvalue weighted by atomic mass is 10.0. The van der Waals surface area contributed by atoms with Crippen LogP contribution in [0.2, 0.25) is 0 Å². The van der Waals surface area contributed by atoms with Gasteiger partial charge in [-0.25, -0.2) is 4.79 Å². The zero-order valence-corrected chi connectivity index (χ0v) is 13.1. The maximum atomic E-state index is 12.6. The lowest BCUT2D eigenvalue weighted by Gasteiger charge is -2.05. The van der Waals surface area contributed by atoms with Crippen LogP contribution in [0.1, 0.15) is 36.9 Å². The molecule has 0 aliphatic rings. The predicted octanol–water partition coefficient (Wildman–Crippen LogP) is 2.49. The second-order valence-corrected chi connectivity index (χ2v) is 5.82. The van der Waals surface area contributed by atoms with Crippen molar-refractivity contribution in [2.45, 2.75) is 12.8 Å². The summed E-state index contributed by atoms with van der Waals surface area (Å²) in [4.78, 5) is 35.6. The van der Waals surface area contributed by atoms with E-state index in [0.29, 0.717) is 4.88 Å². The molecule has 0 fully saturated rings. The summed E-state index contributed by atoms with van der Waals surface area (Å²) >= 11 is 1.02. The molecule has 0 atom stereocenters. The number of carboxylic acids is 1. The van der Waals surface area contributed by atoms with Crippen molar-refractivity contribution in [1.29, 1.82) is 0 Å². The number of aromatic hydroxyl groups is 1. The molecule has 0 saturated heterocycles. The molecule has 7 heteroatoms. The number of methoxy groups -OCH3 is 1. The molecular formula is C16H14O6S. The molecule has 2 N–H and O–H groups in total. The Morgan fingerprint density at radius 1 is 1.17 bits per heavy atom. The average Bonchev–Trinajstić information content (AvgIpc) is 2.92. The standard InChI is InChI=1S/C16H14O6S/c1-22-16(21)10-5-3-2-4-9(10)15(20)13-8-11(17)12(23-13)6-7-14(18)19/h2-5,8,17H,6-7H2,1H3,(H,18,19). The Morgan fingerprint density at radius 2 is 1.83 bits per heavy atom. The van der Waals surface area contributed by atoms with Crippen LogP contribution in [0.4, 0.5) is 0 Å². The van der Waals surface area contributed by atoms with Crippen LogP contribution in [0.15, 0.2) is 30.3 Å². The molecule has 120 valence electrons. The first kappa shape index (κ1) is 16.7. The molecule has 1 aromatic carbocycles. The van der Waals surface area contributed by atoms with Gasteiger partial charge >= 0.3 is 11.9 Å². The van der Waals surface area contributed by atoms with Crippen LogP contribution in [0.5, 0.6) is 5.75 Å². The van der Waals surface area contributed by atoms with E-state index in [1.54, 1.807) is 12.1 Å². The van der Waals surface area contributed by atoms with Gasteiger partial charge in [-0.05, 0) is 12.5 Å². The zero-order chi connectivity index (χ0) is 17.0. The van der Waals surface area contributed by atoms with E-state index in [-0.39, 0.29) is 34.6 Å². The van der Waals surface area contributed by atoms with Gasteiger partial charge in [0.2, 0.25) is 5.78 Å². The molecule has 1 aromatic heterocycles. The van der Waals surface area contributed by atoms with Crippen molar-refractivity contribution in [2.75, 3.05) is 7.11 Å². The fourth-order valence-corrected chi connectivity index (χ4v) is 3.04. The van der Waals surface area contributed by atoms with Gasteiger partial charge < -0.3 is 14.9 Å². The number of carboxylic acid groups (broad SMARTS) is 1. The van der Waals surface area contributed by atoms with Gasteiger partial charge in [-0.1, -0.05) is 18.2 Å². The van der Waals surface area contributed by atoms with Gasteiger partial charge in [-0.3, -0.25) is 9.59 Å². The highest BCUT2D eigenvalue weighted by Crippen LogP contribution is 2.31. The lowest BCUT2D eigenvalue weighted by molar-refractivity contribution is -0.136. The van der Waals surface area contributed by atoms with Gasteiger partial charge in [-0.2, -0.15) is 0 Å². The Morgan fingerprint density at radius 3 is 2.43 bits per heavy atom. The quantitative estimate of drug-likeness (QED) is 0.622. The largest absolute Gasteiger partial charge is 0.507 e. The highest BCUT2D eigenvalue weighted by Gasteiger charge is 2.21. The summed E-state index contributed by atoms with van der Waals surface area (Å²) in [6.07, 6.45) is -0.00177. The van der Waals surface area contributed by atoms with E-state index < -0.39 is 17.7 Å². The monoisotopic (exact) mass is 334 g/mol. The van der Waals surface area contributed by atoms with Crippen molar-refractivity contribution in [2.24, 2.45) is 0 Å². The molecule has 0 radical (unpaired) electrons. The Hall–Kier alpha value is -2.67. The number of carbonyl (C=O) groups is 3. The number of hydrogen-bond acceptors (Lipinski definition) is 6. The van der Waals surface area contributed by atoms with Crippen LogP contribution in [-0.2, 0) is 16.0 Å². The van der Waals surface area contributed by atoms with Gasteiger partial charge in [0.05, 0.1) is 24.0 Å². The fraction of sp³-hybridized carbons (Fsp3) is 0.188. The maximum absolute atomic E-state index is 12.6. The fourth-order valence-electron chi connectivity index (χ4n) is 2.03. The number of carbonyl (C=O) groups excluding carboxylic acids is 2. The average molecular weight is 334 g/mol. The third-order valence-corrected chi connectivity index (χ3v) is 4.34. The number of esters is 1. The van der Waals surface area contributed by atoms with Crippen molar-refractivity contribution in [1.82, 2.24) is 0 Å². The molecule has 1 heterocycles. The van der Waals surface area contributed by atoms with Gasteiger partial charge in [0.1, 0.15) is 5.75 Å². The number of thiophene rings is 1. The second kappa shape index (κ2) is 7.06. The molecular weight excluding hydrogens is 320 g/mol. The first-order valence-electron chi connectivity index (χ1n) is 6.69. The van der Waals surface area contributed by atoms with Gasteiger partial charge in [0, 0.05) is 16.5 Å². The molecule has 0 amide bonds. The lowest BCUT2D eigenvalue weighted by Crippen LogP contribution is -2.10. The Bertz CT molecular complexity index is 762. The summed E-state index contributed by atoms with van der Waals surface area (Å²) in [5.41, 5.74) is 0.311. The van der Waals surface area contributed by atoms with Crippen molar-refractivity contribution >= 4 is 29.1 Å². The van der Waals surface area contributed by atoms with Gasteiger partial charge in [-0.15, -0.1) is 11.3 Å². The normalized spacial score (nSPS) is 10.3. The summed E-state index contributed by atoms with van der Waals surface area (Å²) in [6.45, 7) is 0. The molecule has 0 aliphatic carbocycles. The Kier molecular flexibility index (Phi) is 5.13. The molecule has 23 heavy (non-hydrogen) atoms. The minimum Gasteiger partial charge on any atom is -0.507 e. The number of ketones is 1. The first-order chi connectivity index (χ1) is 10.9. The topological polar surface area (TPSA) is 101 Å². The number of benzene rings is 1. The summed E-state index contributed by atoms with van der Waals surface area (Å²) in [7, 11) is 1.23. The molecule has 0 bridgehead atoms. The molecule has 0 unspecified atom stereocenters. The van der Waals surface area contributed by atoms with Crippen LogP contribution < -0.4 is 0 Å². The van der Waals surface area contributed by atoms with Crippen LogP contribution in [0, 0.1) is 0 Å².